The van der Waals surface area contributed by atoms with Gasteiger partial charge in [0.1, 0.15) is 5.69 Å². The molecule has 2 aliphatic rings. The Morgan fingerprint density at radius 3 is 2.89 bits per heavy atom. The molecule has 2 aliphatic heterocycles. The van der Waals surface area contributed by atoms with Gasteiger partial charge in [0.05, 0.1) is 18.6 Å². The summed E-state index contributed by atoms with van der Waals surface area (Å²) >= 11 is 0. The maximum Gasteiger partial charge on any atom is 0.230 e. The number of hydrogen-bond donors (Lipinski definition) is 0. The van der Waals surface area contributed by atoms with E-state index in [2.05, 4.69) is 10.1 Å². The van der Waals surface area contributed by atoms with Gasteiger partial charge in [-0.1, -0.05) is 35.5 Å². The van der Waals surface area contributed by atoms with E-state index < -0.39 is 0 Å². The average Bonchev–Trinajstić information content (AvgIpc) is 3.32. The molecule has 1 amide bonds. The molecular weight excluding hydrogens is 342 g/mol. The number of nitrogens with zero attached hydrogens (tertiary/aromatic N) is 3. The monoisotopic (exact) mass is 369 g/mol. The first-order valence-electron chi connectivity index (χ1n) is 9.72. The average molecular weight is 369 g/mol. The van der Waals surface area contributed by atoms with Crippen molar-refractivity contribution in [1.29, 1.82) is 0 Å². The number of amides is 1. The van der Waals surface area contributed by atoms with Crippen LogP contribution in [0.25, 0.3) is 11.3 Å². The summed E-state index contributed by atoms with van der Waals surface area (Å²) < 4.78 is 10.7. The second kappa shape index (κ2) is 7.82. The summed E-state index contributed by atoms with van der Waals surface area (Å²) in [5.41, 5.74) is 1.69. The Morgan fingerprint density at radius 1 is 1.22 bits per heavy atom. The van der Waals surface area contributed by atoms with Gasteiger partial charge in [0.2, 0.25) is 5.91 Å². The van der Waals surface area contributed by atoms with Gasteiger partial charge >= 0.3 is 0 Å². The molecule has 0 aliphatic carbocycles. The summed E-state index contributed by atoms with van der Waals surface area (Å²) in [4.78, 5) is 17.4. The van der Waals surface area contributed by atoms with Crippen LogP contribution in [0, 0.1) is 5.41 Å². The molecular formula is C21H27N3O3. The number of methoxy groups -OCH3 is 1. The van der Waals surface area contributed by atoms with Gasteiger partial charge in [-0.25, -0.2) is 0 Å². The summed E-state index contributed by atoms with van der Waals surface area (Å²) in [5, 5.41) is 4.20. The van der Waals surface area contributed by atoms with Crippen LogP contribution in [-0.4, -0.2) is 60.8 Å². The van der Waals surface area contributed by atoms with E-state index in [9.17, 15) is 4.79 Å². The normalized spacial score (nSPS) is 23.4. The van der Waals surface area contributed by atoms with Crippen LogP contribution in [-0.2, 0) is 16.1 Å². The summed E-state index contributed by atoms with van der Waals surface area (Å²) in [5.74, 6) is 1.15. The molecule has 3 heterocycles. The second-order valence-corrected chi connectivity index (χ2v) is 7.67. The van der Waals surface area contributed by atoms with Crippen LogP contribution in [0.4, 0.5) is 0 Å². The van der Waals surface area contributed by atoms with Crippen molar-refractivity contribution < 1.29 is 14.1 Å². The molecule has 0 saturated carbocycles. The van der Waals surface area contributed by atoms with Gasteiger partial charge in [0, 0.05) is 38.4 Å². The predicted octanol–water partition coefficient (Wildman–Crippen LogP) is 2.80. The minimum absolute atomic E-state index is 0.228. The Bertz CT molecular complexity index is 776. The Labute approximate surface area is 160 Å². The van der Waals surface area contributed by atoms with Gasteiger partial charge in [-0.15, -0.1) is 0 Å². The molecule has 0 unspecified atom stereocenters. The highest BCUT2D eigenvalue weighted by atomic mass is 16.5. The summed E-state index contributed by atoms with van der Waals surface area (Å²) in [6, 6.07) is 12.1. The lowest BCUT2D eigenvalue weighted by atomic mass is 9.78. The van der Waals surface area contributed by atoms with E-state index in [1.807, 2.05) is 41.3 Å². The number of piperidine rings is 1. The van der Waals surface area contributed by atoms with Crippen molar-refractivity contribution in [1.82, 2.24) is 15.0 Å². The van der Waals surface area contributed by atoms with Gasteiger partial charge in [-0.2, -0.15) is 0 Å². The van der Waals surface area contributed by atoms with Crippen LogP contribution >= 0.6 is 0 Å². The number of ether oxygens (including phenoxy) is 1. The molecule has 4 rings (SSSR count). The van der Waals surface area contributed by atoms with Gasteiger partial charge in [0.25, 0.3) is 0 Å². The lowest BCUT2D eigenvalue weighted by molar-refractivity contribution is -0.146. The zero-order valence-corrected chi connectivity index (χ0v) is 15.9. The number of likely N-dealkylation sites (tertiary alicyclic amines) is 2. The predicted molar refractivity (Wildman–Crippen MR) is 102 cm³/mol. The van der Waals surface area contributed by atoms with Gasteiger partial charge in [-0.05, 0) is 25.8 Å². The number of hydrogen-bond acceptors (Lipinski definition) is 5. The third kappa shape index (κ3) is 3.77. The van der Waals surface area contributed by atoms with Crippen LogP contribution in [0.15, 0.2) is 40.9 Å². The van der Waals surface area contributed by atoms with Crippen molar-refractivity contribution in [2.24, 2.45) is 5.41 Å². The summed E-state index contributed by atoms with van der Waals surface area (Å²) in [7, 11) is 1.68. The standard InChI is InChI=1S/C21H27N3O3/c1-26-13-12-24-10-5-8-21(20(24)25)9-11-23(16-21)15-18-14-19(22-27-18)17-6-3-2-4-7-17/h2-4,6-7,14H,5,8-13,15-16H2,1H3/t21-/m1/s1. The van der Waals surface area contributed by atoms with Gasteiger partial charge in [0.15, 0.2) is 5.76 Å². The third-order valence-corrected chi connectivity index (χ3v) is 5.83. The van der Waals surface area contributed by atoms with Crippen molar-refractivity contribution in [2.45, 2.75) is 25.8 Å². The smallest absolute Gasteiger partial charge is 0.230 e. The molecule has 144 valence electrons. The number of carbonyl (C=O) groups is 1. The molecule has 0 bridgehead atoms. The SMILES string of the molecule is COCCN1CCC[C@]2(CCN(Cc3cc(-c4ccccc4)no3)C2)C1=O. The maximum atomic E-state index is 13.1. The number of aromatic nitrogens is 1. The van der Waals surface area contributed by atoms with Crippen molar-refractivity contribution in [2.75, 3.05) is 39.9 Å². The fourth-order valence-corrected chi connectivity index (χ4v) is 4.39. The molecule has 2 aromatic rings. The Kier molecular flexibility index (Phi) is 5.27. The highest BCUT2D eigenvalue weighted by Crippen LogP contribution is 2.40. The molecule has 1 spiro atoms. The molecule has 0 N–H and O–H groups in total. The lowest BCUT2D eigenvalue weighted by Gasteiger charge is -2.39. The number of benzene rings is 1. The van der Waals surface area contributed by atoms with E-state index in [1.54, 1.807) is 7.11 Å². The first kappa shape index (κ1) is 18.2. The van der Waals surface area contributed by atoms with E-state index in [4.69, 9.17) is 9.26 Å². The third-order valence-electron chi connectivity index (χ3n) is 5.83. The summed E-state index contributed by atoms with van der Waals surface area (Å²) in [6.07, 6.45) is 2.98. The molecule has 6 nitrogen and oxygen atoms in total. The van der Waals surface area contributed by atoms with Crippen LogP contribution in [0.2, 0.25) is 0 Å². The molecule has 27 heavy (non-hydrogen) atoms. The first-order valence-corrected chi connectivity index (χ1v) is 9.72. The second-order valence-electron chi connectivity index (χ2n) is 7.67. The van der Waals surface area contributed by atoms with E-state index in [1.165, 1.54) is 0 Å². The van der Waals surface area contributed by atoms with Crippen LogP contribution in [0.3, 0.4) is 0 Å². The fourth-order valence-electron chi connectivity index (χ4n) is 4.39. The molecule has 2 saturated heterocycles. The van der Waals surface area contributed by atoms with Crippen molar-refractivity contribution >= 4 is 5.91 Å². The highest BCUT2D eigenvalue weighted by Gasteiger charge is 2.48. The van der Waals surface area contributed by atoms with Crippen LogP contribution < -0.4 is 0 Å². The molecule has 6 heteroatoms. The Hall–Kier alpha value is -2.18. The van der Waals surface area contributed by atoms with Gasteiger partial charge in [-0.3, -0.25) is 9.69 Å². The van der Waals surface area contributed by atoms with Crippen molar-refractivity contribution in [3.05, 3.63) is 42.2 Å². The quantitative estimate of drug-likeness (QED) is 0.784. The number of rotatable bonds is 6. The molecule has 2 fully saturated rings. The molecule has 1 atom stereocenters. The Morgan fingerprint density at radius 2 is 2.07 bits per heavy atom. The van der Waals surface area contributed by atoms with Gasteiger partial charge < -0.3 is 14.2 Å². The van der Waals surface area contributed by atoms with E-state index in [-0.39, 0.29) is 5.41 Å². The molecule has 0 radical (unpaired) electrons. The largest absolute Gasteiger partial charge is 0.383 e. The topological polar surface area (TPSA) is 58.8 Å². The molecule has 1 aromatic carbocycles. The maximum absolute atomic E-state index is 13.1. The minimum Gasteiger partial charge on any atom is -0.383 e. The first-order chi connectivity index (χ1) is 13.2. The van der Waals surface area contributed by atoms with Crippen LogP contribution in [0.1, 0.15) is 25.0 Å². The van der Waals surface area contributed by atoms with Crippen molar-refractivity contribution in [3.8, 4) is 11.3 Å². The highest BCUT2D eigenvalue weighted by molar-refractivity contribution is 5.84. The minimum atomic E-state index is -0.228. The van der Waals surface area contributed by atoms with E-state index in [0.29, 0.717) is 25.6 Å². The fraction of sp³-hybridized carbons (Fsp3) is 0.524. The van der Waals surface area contributed by atoms with Crippen LogP contribution in [0.5, 0.6) is 0 Å². The van der Waals surface area contributed by atoms with E-state index in [0.717, 1.165) is 55.9 Å². The lowest BCUT2D eigenvalue weighted by Crippen LogP contribution is -2.50. The Balaban J connectivity index is 1.40. The van der Waals surface area contributed by atoms with Crippen molar-refractivity contribution in [3.63, 3.8) is 0 Å². The zero-order valence-electron chi connectivity index (χ0n) is 15.9. The van der Waals surface area contributed by atoms with E-state index >= 15 is 0 Å². The molecule has 1 aromatic heterocycles. The summed E-state index contributed by atoms with van der Waals surface area (Å²) in [6.45, 7) is 4.58. The zero-order chi connectivity index (χ0) is 18.7. The number of carbonyl (C=O) groups excluding carboxylic acids is 1.